The minimum Gasteiger partial charge on any atom is -0.443 e. The lowest BCUT2D eigenvalue weighted by molar-refractivity contribution is 0.589. The molecule has 0 bridgehead atoms. The van der Waals surface area contributed by atoms with Gasteiger partial charge in [-0.05, 0) is 63.2 Å². The van der Waals surface area contributed by atoms with Gasteiger partial charge in [0.05, 0.1) is 4.88 Å². The van der Waals surface area contributed by atoms with Gasteiger partial charge in [-0.15, -0.1) is 11.3 Å². The van der Waals surface area contributed by atoms with Crippen LogP contribution in [0.5, 0.6) is 0 Å². The van der Waals surface area contributed by atoms with E-state index in [4.69, 9.17) is 13.8 Å². The molecule has 0 spiro atoms. The van der Waals surface area contributed by atoms with Gasteiger partial charge in [-0.25, -0.2) is 9.97 Å². The van der Waals surface area contributed by atoms with Crippen LogP contribution in [-0.4, -0.2) is 9.97 Å². The smallest absolute Gasteiger partial charge is 0.238 e. The largest absolute Gasteiger partial charge is 0.443 e. The van der Waals surface area contributed by atoms with E-state index >= 15 is 0 Å². The van der Waals surface area contributed by atoms with E-state index in [2.05, 4.69) is 82.2 Å². The van der Waals surface area contributed by atoms with Crippen molar-refractivity contribution in [3.8, 4) is 21.9 Å². The Morgan fingerprint density at radius 1 is 0.806 bits per heavy atom. The summed E-state index contributed by atoms with van der Waals surface area (Å²) in [6.07, 6.45) is 1.50. The van der Waals surface area contributed by atoms with Crippen molar-refractivity contribution in [3.63, 3.8) is 0 Å². The van der Waals surface area contributed by atoms with Gasteiger partial charge in [0.2, 0.25) is 5.89 Å². The van der Waals surface area contributed by atoms with Crippen LogP contribution in [0.25, 0.3) is 44.1 Å². The predicted octanol–water partition coefficient (Wildman–Crippen LogP) is 7.96. The van der Waals surface area contributed by atoms with E-state index in [1.54, 1.807) is 11.3 Å². The summed E-state index contributed by atoms with van der Waals surface area (Å²) in [5.41, 5.74) is 8.08. The first-order valence-corrected chi connectivity index (χ1v) is 11.4. The molecule has 4 nitrogen and oxygen atoms in total. The Hall–Kier alpha value is -2.92. The number of thiophene rings is 1. The quantitative estimate of drug-likeness (QED) is 0.285. The molecular weight excluding hydrogens is 404 g/mol. The molecule has 0 N–H and O–H groups in total. The molecule has 158 valence electrons. The molecular formula is C26H26N2O2S. The van der Waals surface area contributed by atoms with Gasteiger partial charge in [-0.2, -0.15) is 0 Å². The third kappa shape index (κ3) is 3.47. The van der Waals surface area contributed by atoms with E-state index in [1.807, 2.05) is 6.07 Å². The molecule has 0 amide bonds. The highest BCUT2D eigenvalue weighted by Gasteiger charge is 2.25. The fourth-order valence-electron chi connectivity index (χ4n) is 3.92. The van der Waals surface area contributed by atoms with E-state index < -0.39 is 0 Å². The van der Waals surface area contributed by atoms with Crippen LogP contribution in [0.4, 0.5) is 0 Å². The minimum atomic E-state index is -0.0510. The lowest BCUT2D eigenvalue weighted by Gasteiger charge is -2.23. The molecule has 0 unspecified atom stereocenters. The van der Waals surface area contributed by atoms with E-state index in [1.165, 1.54) is 17.5 Å². The molecule has 5 aromatic rings. The summed E-state index contributed by atoms with van der Waals surface area (Å²) >= 11 is 1.65. The fraction of sp³-hybridized carbons (Fsp3) is 0.308. The van der Waals surface area contributed by atoms with E-state index in [9.17, 15) is 0 Å². The van der Waals surface area contributed by atoms with Crippen molar-refractivity contribution in [1.82, 2.24) is 9.97 Å². The third-order valence-electron chi connectivity index (χ3n) is 5.68. The number of benzene rings is 2. The second-order valence-corrected chi connectivity index (χ2v) is 11.0. The van der Waals surface area contributed by atoms with Crippen LogP contribution in [0.2, 0.25) is 0 Å². The van der Waals surface area contributed by atoms with Crippen LogP contribution in [-0.2, 0) is 10.8 Å². The summed E-state index contributed by atoms with van der Waals surface area (Å²) in [4.78, 5) is 10.3. The molecule has 5 heteroatoms. The van der Waals surface area contributed by atoms with Gasteiger partial charge >= 0.3 is 0 Å². The number of fused-ring (bicyclic) bond motifs is 2. The van der Waals surface area contributed by atoms with Crippen LogP contribution in [0.1, 0.15) is 52.7 Å². The number of hydrogen-bond donors (Lipinski definition) is 0. The Morgan fingerprint density at radius 3 is 2.35 bits per heavy atom. The minimum absolute atomic E-state index is 0.0510. The Kier molecular flexibility index (Phi) is 4.38. The normalized spacial score (nSPS) is 12.8. The summed E-state index contributed by atoms with van der Waals surface area (Å²) in [5, 5.41) is 2.09. The van der Waals surface area contributed by atoms with E-state index in [-0.39, 0.29) is 10.8 Å². The van der Waals surface area contributed by atoms with Crippen LogP contribution >= 0.6 is 11.3 Å². The highest BCUT2D eigenvalue weighted by molar-refractivity contribution is 7.14. The fourth-order valence-corrected chi connectivity index (χ4v) is 4.76. The maximum absolute atomic E-state index is 6.20. The maximum atomic E-state index is 6.20. The van der Waals surface area contributed by atoms with Gasteiger partial charge in [0, 0.05) is 5.56 Å². The van der Waals surface area contributed by atoms with Gasteiger partial charge < -0.3 is 8.83 Å². The van der Waals surface area contributed by atoms with Gasteiger partial charge in [0.15, 0.2) is 17.6 Å². The molecule has 31 heavy (non-hydrogen) atoms. The van der Waals surface area contributed by atoms with Crippen molar-refractivity contribution in [3.05, 3.63) is 59.3 Å². The van der Waals surface area contributed by atoms with Crippen LogP contribution in [0.3, 0.4) is 0 Å². The van der Waals surface area contributed by atoms with E-state index in [0.717, 1.165) is 38.2 Å². The van der Waals surface area contributed by atoms with Gasteiger partial charge in [-0.3, -0.25) is 0 Å². The Labute approximate surface area is 185 Å². The van der Waals surface area contributed by atoms with Crippen molar-refractivity contribution in [1.29, 1.82) is 0 Å². The Morgan fingerprint density at radius 2 is 1.61 bits per heavy atom. The SMILES string of the molecule is CC(C)(C)c1ccc2oc(-c3sccc3-c3cc4ocnc4cc3C(C)(C)C)nc2c1. The van der Waals surface area contributed by atoms with Gasteiger partial charge in [0.1, 0.15) is 11.0 Å². The molecule has 0 aliphatic carbocycles. The molecule has 0 aliphatic rings. The lowest BCUT2D eigenvalue weighted by Crippen LogP contribution is -2.12. The summed E-state index contributed by atoms with van der Waals surface area (Å²) in [7, 11) is 0. The number of oxazole rings is 2. The van der Waals surface area contributed by atoms with Crippen LogP contribution in [0, 0.1) is 0 Å². The molecule has 3 aromatic heterocycles. The maximum Gasteiger partial charge on any atom is 0.238 e. The predicted molar refractivity (Wildman–Crippen MR) is 128 cm³/mol. The molecule has 0 aliphatic heterocycles. The topological polar surface area (TPSA) is 52.1 Å². The van der Waals surface area contributed by atoms with Crippen LogP contribution < -0.4 is 0 Å². The lowest BCUT2D eigenvalue weighted by atomic mass is 9.81. The Balaban J connectivity index is 1.69. The average molecular weight is 431 g/mol. The van der Waals surface area contributed by atoms with Crippen LogP contribution in [0.15, 0.2) is 57.0 Å². The standard InChI is InChI=1S/C26H26N2O2S/c1-25(2,3)15-7-8-21-20(11-15)28-24(30-21)23-16(9-10-31-23)17-12-22-19(27-14-29-22)13-18(17)26(4,5)6/h7-14H,1-6H3. The highest BCUT2D eigenvalue weighted by Crippen LogP contribution is 2.43. The number of aromatic nitrogens is 2. The average Bonchev–Trinajstić information content (AvgIpc) is 3.42. The van der Waals surface area contributed by atoms with Crippen molar-refractivity contribution in [2.75, 3.05) is 0 Å². The monoisotopic (exact) mass is 430 g/mol. The zero-order valence-corrected chi connectivity index (χ0v) is 19.6. The van der Waals surface area contributed by atoms with Crippen molar-refractivity contribution in [2.45, 2.75) is 52.4 Å². The van der Waals surface area contributed by atoms with Gasteiger partial charge in [0.25, 0.3) is 0 Å². The molecule has 0 saturated carbocycles. The van der Waals surface area contributed by atoms with Crippen molar-refractivity contribution in [2.24, 2.45) is 0 Å². The summed E-state index contributed by atoms with van der Waals surface area (Å²) in [6, 6.07) is 12.7. The zero-order valence-electron chi connectivity index (χ0n) is 18.7. The first kappa shape index (κ1) is 20.0. The first-order chi connectivity index (χ1) is 14.6. The van der Waals surface area contributed by atoms with Gasteiger partial charge in [-0.1, -0.05) is 47.6 Å². The molecule has 0 radical (unpaired) electrons. The number of nitrogens with zero attached hydrogens (tertiary/aromatic N) is 2. The van der Waals surface area contributed by atoms with E-state index in [0.29, 0.717) is 5.89 Å². The molecule has 3 heterocycles. The second kappa shape index (κ2) is 6.79. The highest BCUT2D eigenvalue weighted by atomic mass is 32.1. The summed E-state index contributed by atoms with van der Waals surface area (Å²) in [5.74, 6) is 0.656. The number of hydrogen-bond acceptors (Lipinski definition) is 5. The Bertz CT molecular complexity index is 1410. The summed E-state index contributed by atoms with van der Waals surface area (Å²) < 4.78 is 11.8. The van der Waals surface area contributed by atoms with Crippen molar-refractivity contribution < 1.29 is 8.83 Å². The summed E-state index contributed by atoms with van der Waals surface area (Å²) in [6.45, 7) is 13.3. The first-order valence-electron chi connectivity index (χ1n) is 10.5. The zero-order chi connectivity index (χ0) is 22.0. The molecule has 2 aromatic carbocycles. The third-order valence-corrected chi connectivity index (χ3v) is 6.58. The molecule has 0 saturated heterocycles. The molecule has 5 rings (SSSR count). The number of rotatable bonds is 2. The molecule has 0 atom stereocenters. The van der Waals surface area contributed by atoms with Crippen molar-refractivity contribution >= 4 is 33.5 Å². The molecule has 0 fully saturated rings. The second-order valence-electron chi connectivity index (χ2n) is 10.1.